The van der Waals surface area contributed by atoms with E-state index in [9.17, 15) is 9.59 Å². The summed E-state index contributed by atoms with van der Waals surface area (Å²) in [5, 5.41) is 3.59. The first-order chi connectivity index (χ1) is 9.91. The summed E-state index contributed by atoms with van der Waals surface area (Å²) in [6.07, 6.45) is 3.20. The van der Waals surface area contributed by atoms with E-state index < -0.39 is 5.54 Å². The van der Waals surface area contributed by atoms with E-state index in [4.69, 9.17) is 5.73 Å². The van der Waals surface area contributed by atoms with E-state index in [1.807, 2.05) is 0 Å². The summed E-state index contributed by atoms with van der Waals surface area (Å²) >= 11 is 1.49. The van der Waals surface area contributed by atoms with Crippen LogP contribution in [0.2, 0.25) is 0 Å². The first kappa shape index (κ1) is 17.7. The lowest BCUT2D eigenvalue weighted by molar-refractivity contribution is -0.123. The van der Waals surface area contributed by atoms with Crippen molar-refractivity contribution in [3.63, 3.8) is 0 Å². The van der Waals surface area contributed by atoms with E-state index >= 15 is 0 Å². The Labute approximate surface area is 129 Å². The number of hydrogen-bond donors (Lipinski definition) is 3. The minimum absolute atomic E-state index is 0.117. The molecule has 6 nitrogen and oxygen atoms in total. The van der Waals surface area contributed by atoms with Gasteiger partial charge in [0.05, 0.1) is 5.54 Å². The summed E-state index contributed by atoms with van der Waals surface area (Å²) in [5.41, 5.74) is 5.39. The van der Waals surface area contributed by atoms with Crippen LogP contribution in [0.15, 0.2) is 16.0 Å². The Hall–Kier alpha value is -1.34. The van der Waals surface area contributed by atoms with Gasteiger partial charge in [-0.25, -0.2) is 4.98 Å². The number of aromatic amines is 1. The van der Waals surface area contributed by atoms with Crippen molar-refractivity contribution in [3.05, 3.63) is 22.1 Å². The maximum Gasteiger partial charge on any atom is 0.251 e. The SMILES string of the molecule is CCCc1cc(=O)[nH]c(SCCCC(C)(NC)C(N)=O)n1. The molecule has 0 saturated heterocycles. The molecule has 0 aliphatic heterocycles. The maximum atomic E-state index is 11.5. The highest BCUT2D eigenvalue weighted by Crippen LogP contribution is 2.18. The summed E-state index contributed by atoms with van der Waals surface area (Å²) in [6.45, 7) is 3.85. The van der Waals surface area contributed by atoms with Gasteiger partial charge in [0.25, 0.3) is 5.56 Å². The number of primary amides is 1. The molecule has 0 saturated carbocycles. The van der Waals surface area contributed by atoms with Gasteiger partial charge in [-0.2, -0.15) is 0 Å². The first-order valence-electron chi connectivity index (χ1n) is 7.13. The molecule has 7 heteroatoms. The molecule has 1 aromatic heterocycles. The zero-order valence-corrected chi connectivity index (χ0v) is 13.7. The fraction of sp³-hybridized carbons (Fsp3) is 0.643. The Kier molecular flexibility index (Phi) is 6.91. The number of nitrogens with one attached hydrogen (secondary N) is 2. The van der Waals surface area contributed by atoms with Crippen LogP contribution in [-0.4, -0.2) is 34.2 Å². The van der Waals surface area contributed by atoms with Crippen molar-refractivity contribution < 1.29 is 4.79 Å². The Bertz CT molecular complexity index is 532. The van der Waals surface area contributed by atoms with E-state index in [-0.39, 0.29) is 11.5 Å². The number of aryl methyl sites for hydroxylation is 1. The number of likely N-dealkylation sites (N-methyl/N-ethyl adjacent to an activating group) is 1. The molecule has 4 N–H and O–H groups in total. The van der Waals surface area contributed by atoms with Crippen molar-refractivity contribution in [2.45, 2.75) is 50.2 Å². The lowest BCUT2D eigenvalue weighted by atomic mass is 9.96. The molecule has 118 valence electrons. The van der Waals surface area contributed by atoms with Crippen LogP contribution in [0.4, 0.5) is 0 Å². The van der Waals surface area contributed by atoms with Gasteiger partial charge in [-0.3, -0.25) is 9.59 Å². The Morgan fingerprint density at radius 1 is 1.57 bits per heavy atom. The lowest BCUT2D eigenvalue weighted by Crippen LogP contribution is -2.51. The van der Waals surface area contributed by atoms with Crippen LogP contribution >= 0.6 is 11.8 Å². The molecule has 0 spiro atoms. The molecule has 0 bridgehead atoms. The van der Waals surface area contributed by atoms with E-state index in [0.717, 1.165) is 30.7 Å². The minimum atomic E-state index is -0.689. The average molecular weight is 312 g/mol. The highest BCUT2D eigenvalue weighted by Gasteiger charge is 2.27. The third-order valence-corrected chi connectivity index (χ3v) is 4.39. The molecular weight excluding hydrogens is 288 g/mol. The fourth-order valence-electron chi connectivity index (χ4n) is 1.90. The molecule has 1 unspecified atom stereocenters. The molecule has 1 heterocycles. The molecule has 21 heavy (non-hydrogen) atoms. The molecule has 0 fully saturated rings. The molecule has 0 aromatic carbocycles. The Morgan fingerprint density at radius 2 is 2.29 bits per heavy atom. The average Bonchev–Trinajstić information content (AvgIpc) is 2.43. The van der Waals surface area contributed by atoms with Crippen molar-refractivity contribution in [1.82, 2.24) is 15.3 Å². The van der Waals surface area contributed by atoms with E-state index in [2.05, 4.69) is 22.2 Å². The quantitative estimate of drug-likeness (QED) is 0.359. The molecule has 1 rings (SSSR count). The van der Waals surface area contributed by atoms with Gasteiger partial charge in [-0.05, 0) is 33.2 Å². The molecule has 1 atom stereocenters. The Balaban J connectivity index is 2.53. The number of carbonyl (C=O) groups excluding carboxylic acids is 1. The standard InChI is InChI=1S/C14H24N4O2S/c1-4-6-10-9-11(19)18-13(17-10)21-8-5-7-14(2,16-3)12(15)20/h9,16H,4-8H2,1-3H3,(H2,15,20)(H,17,18,19). The lowest BCUT2D eigenvalue weighted by Gasteiger charge is -2.25. The van der Waals surface area contributed by atoms with E-state index in [1.54, 1.807) is 20.0 Å². The van der Waals surface area contributed by atoms with Crippen LogP contribution in [-0.2, 0) is 11.2 Å². The zero-order chi connectivity index (χ0) is 15.9. The number of aromatic nitrogens is 2. The fourth-order valence-corrected chi connectivity index (χ4v) is 2.74. The van der Waals surface area contributed by atoms with Crippen LogP contribution in [0, 0.1) is 0 Å². The molecule has 0 radical (unpaired) electrons. The largest absolute Gasteiger partial charge is 0.368 e. The van der Waals surface area contributed by atoms with Crippen molar-refractivity contribution >= 4 is 17.7 Å². The monoisotopic (exact) mass is 312 g/mol. The summed E-state index contributed by atoms with van der Waals surface area (Å²) in [7, 11) is 1.73. The first-order valence-corrected chi connectivity index (χ1v) is 8.11. The molecular formula is C14H24N4O2S. The predicted octanol–water partition coefficient (Wildman–Crippen LogP) is 1.06. The number of nitrogens with zero attached hydrogens (tertiary/aromatic N) is 1. The third kappa shape index (κ3) is 5.51. The predicted molar refractivity (Wildman–Crippen MR) is 85.5 cm³/mol. The second-order valence-electron chi connectivity index (χ2n) is 5.19. The topological polar surface area (TPSA) is 101 Å². The van der Waals surface area contributed by atoms with E-state index in [1.165, 1.54) is 11.8 Å². The highest BCUT2D eigenvalue weighted by atomic mass is 32.2. The number of rotatable bonds is 9. The van der Waals surface area contributed by atoms with Gasteiger partial charge in [0.2, 0.25) is 5.91 Å². The minimum Gasteiger partial charge on any atom is -0.368 e. The number of hydrogen-bond acceptors (Lipinski definition) is 5. The number of amides is 1. The van der Waals surface area contributed by atoms with Gasteiger partial charge >= 0.3 is 0 Å². The summed E-state index contributed by atoms with van der Waals surface area (Å²) in [5.74, 6) is 0.412. The third-order valence-electron chi connectivity index (χ3n) is 3.43. The van der Waals surface area contributed by atoms with Gasteiger partial charge in [0.1, 0.15) is 0 Å². The molecule has 0 aliphatic rings. The van der Waals surface area contributed by atoms with Crippen LogP contribution in [0.3, 0.4) is 0 Å². The summed E-state index contributed by atoms with van der Waals surface area (Å²) in [4.78, 5) is 30.0. The van der Waals surface area contributed by atoms with Gasteiger partial charge < -0.3 is 16.0 Å². The van der Waals surface area contributed by atoms with E-state index in [0.29, 0.717) is 11.6 Å². The van der Waals surface area contributed by atoms with Gasteiger partial charge in [-0.15, -0.1) is 0 Å². The normalized spacial score (nSPS) is 13.9. The molecule has 1 amide bonds. The number of carbonyl (C=O) groups is 1. The smallest absolute Gasteiger partial charge is 0.251 e. The van der Waals surface area contributed by atoms with Crippen molar-refractivity contribution in [2.75, 3.05) is 12.8 Å². The van der Waals surface area contributed by atoms with Gasteiger partial charge in [0.15, 0.2) is 5.16 Å². The van der Waals surface area contributed by atoms with Gasteiger partial charge in [-0.1, -0.05) is 25.1 Å². The number of nitrogens with two attached hydrogens (primary N) is 1. The van der Waals surface area contributed by atoms with Crippen molar-refractivity contribution in [1.29, 1.82) is 0 Å². The second kappa shape index (κ2) is 8.19. The van der Waals surface area contributed by atoms with Crippen LogP contribution in [0.5, 0.6) is 0 Å². The van der Waals surface area contributed by atoms with Crippen LogP contribution in [0.25, 0.3) is 0 Å². The Morgan fingerprint density at radius 3 is 2.86 bits per heavy atom. The summed E-state index contributed by atoms with van der Waals surface area (Å²) < 4.78 is 0. The zero-order valence-electron chi connectivity index (χ0n) is 12.9. The summed E-state index contributed by atoms with van der Waals surface area (Å²) in [6, 6.07) is 1.54. The molecule has 0 aliphatic carbocycles. The second-order valence-corrected chi connectivity index (χ2v) is 6.27. The molecule has 1 aromatic rings. The maximum absolute atomic E-state index is 11.5. The van der Waals surface area contributed by atoms with Crippen LogP contribution in [0.1, 0.15) is 38.8 Å². The van der Waals surface area contributed by atoms with Crippen molar-refractivity contribution in [3.8, 4) is 0 Å². The van der Waals surface area contributed by atoms with Crippen LogP contribution < -0.4 is 16.6 Å². The number of H-pyrrole nitrogens is 1. The number of thioether (sulfide) groups is 1. The van der Waals surface area contributed by atoms with Crippen molar-refractivity contribution in [2.24, 2.45) is 5.73 Å². The highest BCUT2D eigenvalue weighted by molar-refractivity contribution is 7.99. The van der Waals surface area contributed by atoms with Gasteiger partial charge in [0, 0.05) is 17.5 Å².